The van der Waals surface area contributed by atoms with Gasteiger partial charge >= 0.3 is 0 Å². The van der Waals surface area contributed by atoms with Crippen molar-refractivity contribution in [3.63, 3.8) is 0 Å². The minimum atomic E-state index is -4.48. The summed E-state index contributed by atoms with van der Waals surface area (Å²) < 4.78 is 47.7. The van der Waals surface area contributed by atoms with Crippen LogP contribution in [0, 0.1) is 13.7 Å². The van der Waals surface area contributed by atoms with Crippen LogP contribution in [-0.2, 0) is 9.05 Å². The number of benzene rings is 1. The number of nitro benzene ring substituents is 1. The van der Waals surface area contributed by atoms with E-state index in [0.717, 1.165) is 12.1 Å². The molecule has 0 heterocycles. The number of nitrogens with zero attached hydrogens (tertiary/aromatic N) is 1. The van der Waals surface area contributed by atoms with E-state index in [1.54, 1.807) is 0 Å². The van der Waals surface area contributed by atoms with E-state index >= 15 is 0 Å². The quantitative estimate of drug-likeness (QED) is 0.340. The van der Waals surface area contributed by atoms with Crippen molar-refractivity contribution in [1.82, 2.24) is 0 Å². The molecule has 0 aliphatic rings. The summed E-state index contributed by atoms with van der Waals surface area (Å²) >= 11 is 1.47. The van der Waals surface area contributed by atoms with Gasteiger partial charge < -0.3 is 0 Å². The summed E-state index contributed by atoms with van der Waals surface area (Å²) in [5, 5.41) is 10.5. The predicted molar refractivity (Wildman–Crippen MR) is 63.8 cm³/mol. The van der Waals surface area contributed by atoms with Gasteiger partial charge in [-0.15, -0.1) is 0 Å². The Bertz CT molecular complexity index is 577. The lowest BCUT2D eigenvalue weighted by atomic mass is 10.2. The van der Waals surface area contributed by atoms with E-state index in [4.69, 9.17) is 10.7 Å². The predicted octanol–water partition coefficient (Wildman–Crippen LogP) is 3.06. The second-order valence-corrected chi connectivity index (χ2v) is 6.47. The first kappa shape index (κ1) is 14.5. The van der Waals surface area contributed by atoms with E-state index in [-0.39, 0.29) is 3.57 Å². The zero-order chi connectivity index (χ0) is 13.4. The van der Waals surface area contributed by atoms with E-state index < -0.39 is 36.5 Å². The number of hydrogen-bond donors (Lipinski definition) is 0. The highest BCUT2D eigenvalue weighted by Gasteiger charge is 2.32. The molecule has 1 aromatic rings. The third kappa shape index (κ3) is 3.01. The van der Waals surface area contributed by atoms with Gasteiger partial charge in [0.2, 0.25) is 0 Å². The fourth-order valence-electron chi connectivity index (χ4n) is 1.18. The molecule has 0 unspecified atom stereocenters. The van der Waals surface area contributed by atoms with Crippen molar-refractivity contribution in [3.8, 4) is 0 Å². The second kappa shape index (κ2) is 4.98. The minimum absolute atomic E-state index is 0.0986. The molecule has 0 saturated carbocycles. The molecule has 1 rings (SSSR count). The fourth-order valence-corrected chi connectivity index (χ4v) is 4.17. The van der Waals surface area contributed by atoms with E-state index in [1.165, 1.54) is 22.6 Å². The monoisotopic (exact) mass is 397 g/mol. The molecule has 0 aromatic heterocycles. The van der Waals surface area contributed by atoms with E-state index in [1.807, 2.05) is 0 Å². The van der Waals surface area contributed by atoms with Gasteiger partial charge in [0.1, 0.15) is 10.5 Å². The topological polar surface area (TPSA) is 77.3 Å². The Labute approximate surface area is 112 Å². The SMILES string of the molecule is O=[N+]([O-])c1ccc(I)c(S(=O)(=O)Cl)c1C(F)F. The highest BCUT2D eigenvalue weighted by molar-refractivity contribution is 14.1. The van der Waals surface area contributed by atoms with Gasteiger partial charge in [0.15, 0.2) is 0 Å². The summed E-state index contributed by atoms with van der Waals surface area (Å²) in [6.07, 6.45) is -3.31. The highest BCUT2D eigenvalue weighted by atomic mass is 127. The third-order valence-electron chi connectivity index (χ3n) is 1.78. The van der Waals surface area contributed by atoms with Crippen LogP contribution in [0.15, 0.2) is 17.0 Å². The number of nitro groups is 1. The molecule has 0 saturated heterocycles. The molecule has 0 radical (unpaired) electrons. The molecule has 0 amide bonds. The van der Waals surface area contributed by atoms with Gasteiger partial charge in [0, 0.05) is 20.3 Å². The minimum Gasteiger partial charge on any atom is -0.258 e. The lowest BCUT2D eigenvalue weighted by Crippen LogP contribution is -2.06. The van der Waals surface area contributed by atoms with Crippen molar-refractivity contribution in [3.05, 3.63) is 31.4 Å². The van der Waals surface area contributed by atoms with Crippen molar-refractivity contribution >= 4 is 48.0 Å². The van der Waals surface area contributed by atoms with Crippen molar-refractivity contribution in [2.24, 2.45) is 0 Å². The lowest BCUT2D eigenvalue weighted by Gasteiger charge is -2.08. The first-order valence-corrected chi connectivity index (χ1v) is 7.24. The Morgan fingerprint density at radius 3 is 2.29 bits per heavy atom. The van der Waals surface area contributed by atoms with Gasteiger partial charge in [-0.25, -0.2) is 17.2 Å². The molecule has 0 aliphatic heterocycles. The molecular weight excluding hydrogens is 394 g/mol. The number of halogens is 4. The van der Waals surface area contributed by atoms with Crippen molar-refractivity contribution < 1.29 is 22.1 Å². The third-order valence-corrected chi connectivity index (χ3v) is 4.44. The number of alkyl halides is 2. The summed E-state index contributed by atoms with van der Waals surface area (Å²) in [6.45, 7) is 0. The van der Waals surface area contributed by atoms with Crippen LogP contribution in [0.1, 0.15) is 12.0 Å². The Balaban J connectivity index is 3.80. The maximum atomic E-state index is 12.7. The molecule has 0 atom stereocenters. The van der Waals surface area contributed by atoms with Crippen molar-refractivity contribution in [1.29, 1.82) is 0 Å². The normalized spacial score (nSPS) is 11.8. The van der Waals surface area contributed by atoms with Gasteiger partial charge in [-0.05, 0) is 28.7 Å². The van der Waals surface area contributed by atoms with Crippen LogP contribution < -0.4 is 0 Å². The van der Waals surface area contributed by atoms with Gasteiger partial charge in [0.05, 0.1) is 4.92 Å². The molecule has 10 heteroatoms. The van der Waals surface area contributed by atoms with E-state index in [0.29, 0.717) is 0 Å². The van der Waals surface area contributed by atoms with Crippen LogP contribution in [0.5, 0.6) is 0 Å². The molecule has 0 spiro atoms. The summed E-state index contributed by atoms with van der Waals surface area (Å²) in [5.41, 5.74) is -2.16. The van der Waals surface area contributed by atoms with Crippen LogP contribution in [0.3, 0.4) is 0 Å². The van der Waals surface area contributed by atoms with Gasteiger partial charge in [0.25, 0.3) is 21.2 Å². The average molecular weight is 398 g/mol. The van der Waals surface area contributed by atoms with Crippen LogP contribution in [-0.4, -0.2) is 13.3 Å². The molecule has 0 aliphatic carbocycles. The van der Waals surface area contributed by atoms with Crippen LogP contribution >= 0.6 is 33.3 Å². The first-order chi connectivity index (χ1) is 7.66. The van der Waals surface area contributed by atoms with E-state index in [2.05, 4.69) is 0 Å². The maximum Gasteiger partial charge on any atom is 0.279 e. The maximum absolute atomic E-state index is 12.7. The molecule has 1 aromatic carbocycles. The standard InChI is InChI=1S/C7H3ClF2INO4S/c8-17(15,16)6-3(11)1-2-4(12(13)14)5(6)7(9)10/h1-2,7H. The fraction of sp³-hybridized carbons (Fsp3) is 0.143. The molecule has 0 bridgehead atoms. The smallest absolute Gasteiger partial charge is 0.258 e. The van der Waals surface area contributed by atoms with Crippen LogP contribution in [0.25, 0.3) is 0 Å². The molecule has 0 N–H and O–H groups in total. The zero-order valence-corrected chi connectivity index (χ0v) is 11.5. The lowest BCUT2D eigenvalue weighted by molar-refractivity contribution is -0.386. The van der Waals surface area contributed by atoms with Crippen molar-refractivity contribution in [2.75, 3.05) is 0 Å². The molecule has 94 valence electrons. The van der Waals surface area contributed by atoms with Crippen molar-refractivity contribution in [2.45, 2.75) is 11.3 Å². The summed E-state index contributed by atoms with van der Waals surface area (Å²) in [6, 6.07) is 1.86. The van der Waals surface area contributed by atoms with Gasteiger partial charge in [-0.1, -0.05) is 0 Å². The van der Waals surface area contributed by atoms with Crippen LogP contribution in [0.4, 0.5) is 14.5 Å². The summed E-state index contributed by atoms with van der Waals surface area (Å²) in [4.78, 5) is 8.56. The molecule has 5 nitrogen and oxygen atoms in total. The Morgan fingerprint density at radius 2 is 1.94 bits per heavy atom. The van der Waals surface area contributed by atoms with Gasteiger partial charge in [-0.3, -0.25) is 10.1 Å². The van der Waals surface area contributed by atoms with Crippen LogP contribution in [0.2, 0.25) is 0 Å². The second-order valence-electron chi connectivity index (χ2n) is 2.80. The molecule has 0 fully saturated rings. The largest absolute Gasteiger partial charge is 0.279 e. The Hall–Kier alpha value is -0.550. The van der Waals surface area contributed by atoms with E-state index in [9.17, 15) is 27.3 Å². The zero-order valence-electron chi connectivity index (χ0n) is 7.73. The van der Waals surface area contributed by atoms with Gasteiger partial charge in [-0.2, -0.15) is 0 Å². The number of hydrogen-bond acceptors (Lipinski definition) is 4. The summed E-state index contributed by atoms with van der Waals surface area (Å²) in [5.74, 6) is 0. The Kier molecular flexibility index (Phi) is 4.25. The molecule has 17 heavy (non-hydrogen) atoms. The average Bonchev–Trinajstić information content (AvgIpc) is 2.14. The number of rotatable bonds is 3. The first-order valence-electron chi connectivity index (χ1n) is 3.86. The summed E-state index contributed by atoms with van der Waals surface area (Å²) in [7, 11) is 0.516. The highest BCUT2D eigenvalue weighted by Crippen LogP contribution is 2.38. The Morgan fingerprint density at radius 1 is 1.41 bits per heavy atom. The molecular formula is C7H3ClF2INO4S.